The van der Waals surface area contributed by atoms with Crippen molar-refractivity contribution in [1.82, 2.24) is 0 Å². The Morgan fingerprint density at radius 1 is 1.00 bits per heavy atom. The van der Waals surface area contributed by atoms with Crippen molar-refractivity contribution in [3.8, 4) is 0 Å². The van der Waals surface area contributed by atoms with Gasteiger partial charge in [0.05, 0.1) is 0 Å². The van der Waals surface area contributed by atoms with Crippen LogP contribution in [0.2, 0.25) is 0 Å². The summed E-state index contributed by atoms with van der Waals surface area (Å²) >= 11 is 1.85. The van der Waals surface area contributed by atoms with E-state index in [1.54, 1.807) is 0 Å². The number of thiophene rings is 1. The summed E-state index contributed by atoms with van der Waals surface area (Å²) in [7, 11) is 0. The Bertz CT molecular complexity index is 520. The van der Waals surface area contributed by atoms with Gasteiger partial charge >= 0.3 is 0 Å². The predicted molar refractivity (Wildman–Crippen MR) is 90.6 cm³/mol. The summed E-state index contributed by atoms with van der Waals surface area (Å²) in [4.78, 5) is 1.49. The summed E-state index contributed by atoms with van der Waals surface area (Å²) in [6, 6.07) is 13.4. The number of hydrogen-bond donors (Lipinski definition) is 0. The van der Waals surface area contributed by atoms with E-state index in [2.05, 4.69) is 67.8 Å². The van der Waals surface area contributed by atoms with Crippen LogP contribution in [-0.4, -0.2) is 0 Å². The Morgan fingerprint density at radius 3 is 2.50 bits per heavy atom. The van der Waals surface area contributed by atoms with Gasteiger partial charge in [-0.2, -0.15) is 0 Å². The third-order valence-electron chi connectivity index (χ3n) is 3.52. The van der Waals surface area contributed by atoms with Gasteiger partial charge in [0.1, 0.15) is 0 Å². The Labute approximate surface area is 127 Å². The smallest absolute Gasteiger partial charge is 0.00482 e. The highest BCUT2D eigenvalue weighted by atomic mass is 32.1. The monoisotopic (exact) mass is 284 g/mol. The maximum Gasteiger partial charge on any atom is 0.00482 e. The average molecular weight is 284 g/mol. The van der Waals surface area contributed by atoms with Crippen LogP contribution in [0.4, 0.5) is 0 Å². The second-order valence-electron chi connectivity index (χ2n) is 5.53. The van der Waals surface area contributed by atoms with Crippen LogP contribution in [0, 0.1) is 0 Å². The van der Waals surface area contributed by atoms with E-state index in [9.17, 15) is 0 Å². The number of aryl methyl sites for hydroxylation is 2. The van der Waals surface area contributed by atoms with Crippen LogP contribution in [-0.2, 0) is 12.8 Å². The van der Waals surface area contributed by atoms with Gasteiger partial charge < -0.3 is 0 Å². The van der Waals surface area contributed by atoms with Crippen molar-refractivity contribution < 1.29 is 0 Å². The van der Waals surface area contributed by atoms with Gasteiger partial charge in [-0.3, -0.25) is 0 Å². The lowest BCUT2D eigenvalue weighted by atomic mass is 9.99. The molecule has 0 aliphatic carbocycles. The molecule has 0 spiro atoms. The fourth-order valence-corrected chi connectivity index (χ4v) is 3.00. The second-order valence-corrected chi connectivity index (χ2v) is 6.56. The van der Waals surface area contributed by atoms with Crippen LogP contribution in [0.5, 0.6) is 0 Å². The standard InChI is InChI=1S/C19H24S/c1-16(2)18-11-7-10-17(15-18)9-5-3-4-6-12-19-13-8-14-20-19/h3-4,7-8,10-11,13-16H,5-6,9,12H2,1-2H3. The molecule has 0 aliphatic heterocycles. The molecule has 0 aliphatic rings. The van der Waals surface area contributed by atoms with Gasteiger partial charge in [0.15, 0.2) is 0 Å². The first-order valence-electron chi connectivity index (χ1n) is 7.52. The van der Waals surface area contributed by atoms with Crippen molar-refractivity contribution in [3.05, 3.63) is 69.9 Å². The zero-order valence-electron chi connectivity index (χ0n) is 12.5. The molecule has 2 aromatic rings. The lowest BCUT2D eigenvalue weighted by molar-refractivity contribution is 0.859. The molecule has 0 atom stereocenters. The molecule has 1 heteroatoms. The van der Waals surface area contributed by atoms with Gasteiger partial charge in [-0.25, -0.2) is 0 Å². The van der Waals surface area contributed by atoms with Crippen molar-refractivity contribution >= 4 is 11.3 Å². The van der Waals surface area contributed by atoms with E-state index in [4.69, 9.17) is 0 Å². The first kappa shape index (κ1) is 15.1. The van der Waals surface area contributed by atoms with E-state index >= 15 is 0 Å². The number of rotatable bonds is 7. The van der Waals surface area contributed by atoms with Gasteiger partial charge in [-0.05, 0) is 54.2 Å². The minimum atomic E-state index is 0.622. The van der Waals surface area contributed by atoms with E-state index in [0.29, 0.717) is 5.92 Å². The lowest BCUT2D eigenvalue weighted by Gasteiger charge is -2.07. The summed E-state index contributed by atoms with van der Waals surface area (Å²) in [6.07, 6.45) is 9.28. The minimum Gasteiger partial charge on any atom is -0.149 e. The van der Waals surface area contributed by atoms with E-state index in [1.165, 1.54) is 22.4 Å². The van der Waals surface area contributed by atoms with Crippen LogP contribution in [0.3, 0.4) is 0 Å². The maximum atomic E-state index is 2.35. The number of benzene rings is 1. The molecule has 106 valence electrons. The molecule has 0 amide bonds. The molecule has 0 radical (unpaired) electrons. The molecule has 1 aromatic heterocycles. The summed E-state index contributed by atoms with van der Waals surface area (Å²) in [5, 5.41) is 2.15. The Kier molecular flexibility index (Phi) is 6.07. The zero-order valence-corrected chi connectivity index (χ0v) is 13.3. The maximum absolute atomic E-state index is 2.35. The first-order chi connectivity index (χ1) is 9.75. The Hall–Kier alpha value is -1.34. The molecule has 0 fully saturated rings. The van der Waals surface area contributed by atoms with Crippen molar-refractivity contribution in [2.45, 2.75) is 45.4 Å². The van der Waals surface area contributed by atoms with Gasteiger partial charge in [0.2, 0.25) is 0 Å². The van der Waals surface area contributed by atoms with E-state index in [0.717, 1.165) is 19.3 Å². The minimum absolute atomic E-state index is 0.622. The SMILES string of the molecule is CC(C)c1cccc(CCC=CCCc2cccs2)c1. The van der Waals surface area contributed by atoms with Crippen LogP contribution >= 0.6 is 11.3 Å². The molecule has 20 heavy (non-hydrogen) atoms. The fraction of sp³-hybridized carbons (Fsp3) is 0.368. The van der Waals surface area contributed by atoms with Crippen LogP contribution in [0.1, 0.15) is 48.6 Å². The zero-order chi connectivity index (χ0) is 14.2. The van der Waals surface area contributed by atoms with Gasteiger partial charge in [-0.1, -0.05) is 56.3 Å². The van der Waals surface area contributed by atoms with Crippen molar-refractivity contribution in [3.63, 3.8) is 0 Å². The Morgan fingerprint density at radius 2 is 1.80 bits per heavy atom. The van der Waals surface area contributed by atoms with E-state index in [-0.39, 0.29) is 0 Å². The summed E-state index contributed by atoms with van der Waals surface area (Å²) < 4.78 is 0. The summed E-state index contributed by atoms with van der Waals surface area (Å²) in [5.41, 5.74) is 2.91. The third kappa shape index (κ3) is 4.97. The van der Waals surface area contributed by atoms with Gasteiger partial charge in [0, 0.05) is 4.88 Å². The summed E-state index contributed by atoms with van der Waals surface area (Å²) in [6.45, 7) is 4.51. The molecular weight excluding hydrogens is 260 g/mol. The molecule has 1 heterocycles. The van der Waals surface area contributed by atoms with Crippen molar-refractivity contribution in [1.29, 1.82) is 0 Å². The van der Waals surface area contributed by atoms with Crippen LogP contribution in [0.25, 0.3) is 0 Å². The number of hydrogen-bond acceptors (Lipinski definition) is 1. The van der Waals surface area contributed by atoms with E-state index in [1.807, 2.05) is 11.3 Å². The Balaban J connectivity index is 1.71. The highest BCUT2D eigenvalue weighted by Gasteiger charge is 1.99. The number of allylic oxidation sites excluding steroid dienone is 2. The first-order valence-corrected chi connectivity index (χ1v) is 8.40. The molecule has 0 N–H and O–H groups in total. The largest absolute Gasteiger partial charge is 0.149 e. The normalized spacial score (nSPS) is 11.6. The molecular formula is C19H24S. The predicted octanol–water partition coefficient (Wildman–Crippen LogP) is 5.99. The summed E-state index contributed by atoms with van der Waals surface area (Å²) in [5.74, 6) is 0.622. The van der Waals surface area contributed by atoms with Crippen LogP contribution < -0.4 is 0 Å². The molecule has 1 aromatic carbocycles. The highest BCUT2D eigenvalue weighted by molar-refractivity contribution is 7.09. The fourth-order valence-electron chi connectivity index (χ4n) is 2.27. The molecule has 0 bridgehead atoms. The van der Waals surface area contributed by atoms with E-state index < -0.39 is 0 Å². The van der Waals surface area contributed by atoms with Crippen LogP contribution in [0.15, 0.2) is 53.9 Å². The highest BCUT2D eigenvalue weighted by Crippen LogP contribution is 2.16. The third-order valence-corrected chi connectivity index (χ3v) is 4.46. The molecule has 0 nitrogen and oxygen atoms in total. The van der Waals surface area contributed by atoms with Crippen molar-refractivity contribution in [2.75, 3.05) is 0 Å². The molecule has 2 rings (SSSR count). The van der Waals surface area contributed by atoms with Crippen molar-refractivity contribution in [2.24, 2.45) is 0 Å². The second kappa shape index (κ2) is 8.06. The van der Waals surface area contributed by atoms with Gasteiger partial charge in [-0.15, -0.1) is 11.3 Å². The molecule has 0 unspecified atom stereocenters. The molecule has 0 saturated carbocycles. The topological polar surface area (TPSA) is 0 Å². The molecule has 0 saturated heterocycles. The lowest BCUT2D eigenvalue weighted by Crippen LogP contribution is -1.90. The van der Waals surface area contributed by atoms with Gasteiger partial charge in [0.25, 0.3) is 0 Å². The quantitative estimate of drug-likeness (QED) is 0.547. The average Bonchev–Trinajstić information content (AvgIpc) is 2.96.